The first-order valence-corrected chi connectivity index (χ1v) is 6.22. The number of aromatic nitrogens is 2. The molecule has 0 amide bonds. The molecule has 3 N–H and O–H groups in total. The van der Waals surface area contributed by atoms with E-state index < -0.39 is 0 Å². The largest absolute Gasteiger partial charge is 0.490 e. The number of nitrogens with zero attached hydrogens (tertiary/aromatic N) is 3. The third-order valence-electron chi connectivity index (χ3n) is 2.99. The van der Waals surface area contributed by atoms with Gasteiger partial charge >= 0.3 is 0 Å². The van der Waals surface area contributed by atoms with Crippen LogP contribution >= 0.6 is 0 Å². The summed E-state index contributed by atoms with van der Waals surface area (Å²) in [5.41, 5.74) is 9.01. The molecular weight excluding hydrogens is 254 g/mol. The van der Waals surface area contributed by atoms with Crippen LogP contribution in [0.1, 0.15) is 5.56 Å². The van der Waals surface area contributed by atoms with Gasteiger partial charge in [0.2, 0.25) is 5.75 Å². The Morgan fingerprint density at radius 1 is 1.25 bits per heavy atom. The molecule has 0 bridgehead atoms. The van der Waals surface area contributed by atoms with Gasteiger partial charge in [-0.1, -0.05) is 6.07 Å². The number of nitrogens with two attached hydrogens (primary N) is 1. The second-order valence-electron chi connectivity index (χ2n) is 4.66. The van der Waals surface area contributed by atoms with Crippen LogP contribution in [0.2, 0.25) is 0 Å². The molecule has 0 unspecified atom stereocenters. The van der Waals surface area contributed by atoms with Crippen molar-refractivity contribution in [2.45, 2.75) is 6.92 Å². The van der Waals surface area contributed by atoms with Crippen LogP contribution in [0.3, 0.4) is 0 Å². The molecule has 0 atom stereocenters. The third-order valence-corrected chi connectivity index (χ3v) is 2.99. The van der Waals surface area contributed by atoms with Gasteiger partial charge in [0.25, 0.3) is 0 Å². The van der Waals surface area contributed by atoms with E-state index >= 15 is 0 Å². The van der Waals surface area contributed by atoms with Crippen molar-refractivity contribution in [3.8, 4) is 5.75 Å². The SMILES string of the molecule is COc1c(N)ncnc1Nc1ccc(C)c(N(C)C)c1. The van der Waals surface area contributed by atoms with Crippen LogP contribution in [-0.4, -0.2) is 31.2 Å². The van der Waals surface area contributed by atoms with Crippen molar-refractivity contribution in [3.05, 3.63) is 30.1 Å². The molecule has 0 spiro atoms. The minimum atomic E-state index is 0.310. The maximum atomic E-state index is 5.76. The average molecular weight is 273 g/mol. The first-order valence-electron chi connectivity index (χ1n) is 6.22. The van der Waals surface area contributed by atoms with E-state index in [9.17, 15) is 0 Å². The standard InChI is InChI=1S/C14H19N5O/c1-9-5-6-10(7-11(9)19(2)3)18-14-12(20-4)13(15)16-8-17-14/h5-8H,1-4H3,(H3,15,16,17,18). The highest BCUT2D eigenvalue weighted by Gasteiger charge is 2.10. The van der Waals surface area contributed by atoms with E-state index in [0.717, 1.165) is 11.4 Å². The second-order valence-corrected chi connectivity index (χ2v) is 4.66. The molecule has 0 saturated heterocycles. The lowest BCUT2D eigenvalue weighted by Crippen LogP contribution is -2.10. The molecule has 0 aliphatic carbocycles. The summed E-state index contributed by atoms with van der Waals surface area (Å²) in [6.45, 7) is 2.07. The second kappa shape index (κ2) is 5.64. The number of hydrogen-bond acceptors (Lipinski definition) is 6. The summed E-state index contributed by atoms with van der Waals surface area (Å²) in [5, 5.41) is 3.20. The third kappa shape index (κ3) is 2.74. The normalized spacial score (nSPS) is 10.2. The predicted octanol–water partition coefficient (Wildman–Crippen LogP) is 2.19. The number of benzene rings is 1. The highest BCUT2D eigenvalue weighted by molar-refractivity contribution is 5.71. The molecule has 106 valence electrons. The Labute approximate surface area is 118 Å². The summed E-state index contributed by atoms with van der Waals surface area (Å²) in [7, 11) is 5.56. The molecule has 0 aliphatic heterocycles. The Kier molecular flexibility index (Phi) is 3.93. The number of nitrogens with one attached hydrogen (secondary N) is 1. The molecule has 1 aromatic heterocycles. The van der Waals surface area contributed by atoms with Crippen LogP contribution < -0.4 is 20.7 Å². The van der Waals surface area contributed by atoms with E-state index in [1.54, 1.807) is 7.11 Å². The number of aryl methyl sites for hydroxylation is 1. The van der Waals surface area contributed by atoms with Crippen molar-refractivity contribution in [1.29, 1.82) is 0 Å². The van der Waals surface area contributed by atoms with Crippen LogP contribution in [0.5, 0.6) is 5.75 Å². The molecule has 2 aromatic rings. The van der Waals surface area contributed by atoms with Crippen LogP contribution in [0.25, 0.3) is 0 Å². The lowest BCUT2D eigenvalue weighted by Gasteiger charge is -2.18. The highest BCUT2D eigenvalue weighted by atomic mass is 16.5. The number of anilines is 4. The van der Waals surface area contributed by atoms with Gasteiger partial charge in [-0.3, -0.25) is 0 Å². The Morgan fingerprint density at radius 3 is 2.65 bits per heavy atom. The van der Waals surface area contributed by atoms with E-state index in [1.807, 2.05) is 26.2 Å². The first-order chi connectivity index (χ1) is 9.52. The summed E-state index contributed by atoms with van der Waals surface area (Å²) < 4.78 is 5.23. The summed E-state index contributed by atoms with van der Waals surface area (Å²) in [6, 6.07) is 6.09. The monoisotopic (exact) mass is 273 g/mol. The zero-order chi connectivity index (χ0) is 14.7. The predicted molar refractivity (Wildman–Crippen MR) is 81.8 cm³/mol. The summed E-state index contributed by atoms with van der Waals surface area (Å²) in [6.07, 6.45) is 1.40. The van der Waals surface area contributed by atoms with E-state index in [2.05, 4.69) is 33.2 Å². The Balaban J connectivity index is 2.36. The fourth-order valence-corrected chi connectivity index (χ4v) is 1.98. The molecule has 6 heteroatoms. The zero-order valence-corrected chi connectivity index (χ0v) is 12.1. The van der Waals surface area contributed by atoms with Crippen molar-refractivity contribution >= 4 is 23.0 Å². The smallest absolute Gasteiger partial charge is 0.204 e. The van der Waals surface area contributed by atoms with Crippen LogP contribution in [-0.2, 0) is 0 Å². The summed E-state index contributed by atoms with van der Waals surface area (Å²) >= 11 is 0. The minimum absolute atomic E-state index is 0.310. The quantitative estimate of drug-likeness (QED) is 0.889. The van der Waals surface area contributed by atoms with E-state index in [1.165, 1.54) is 11.9 Å². The van der Waals surface area contributed by atoms with E-state index in [-0.39, 0.29) is 0 Å². The van der Waals surface area contributed by atoms with Crippen molar-refractivity contribution in [1.82, 2.24) is 9.97 Å². The topological polar surface area (TPSA) is 76.3 Å². The maximum Gasteiger partial charge on any atom is 0.204 e. The number of hydrogen-bond donors (Lipinski definition) is 2. The van der Waals surface area contributed by atoms with Gasteiger partial charge in [-0.25, -0.2) is 9.97 Å². The lowest BCUT2D eigenvalue weighted by molar-refractivity contribution is 0.415. The number of ether oxygens (including phenoxy) is 1. The van der Waals surface area contributed by atoms with Crippen molar-refractivity contribution < 1.29 is 4.74 Å². The molecule has 1 heterocycles. The molecule has 1 aromatic carbocycles. The average Bonchev–Trinajstić information content (AvgIpc) is 2.41. The van der Waals surface area contributed by atoms with Gasteiger partial charge in [0, 0.05) is 25.5 Å². The van der Waals surface area contributed by atoms with Crippen LogP contribution in [0.4, 0.5) is 23.0 Å². The molecule has 0 saturated carbocycles. The first kappa shape index (κ1) is 13.9. The molecule has 0 fully saturated rings. The van der Waals surface area contributed by atoms with E-state index in [0.29, 0.717) is 17.4 Å². The summed E-state index contributed by atoms with van der Waals surface area (Å²) in [5.74, 6) is 1.30. The van der Waals surface area contributed by atoms with Crippen molar-refractivity contribution in [3.63, 3.8) is 0 Å². The van der Waals surface area contributed by atoms with Gasteiger partial charge in [0.1, 0.15) is 6.33 Å². The van der Waals surface area contributed by atoms with Crippen molar-refractivity contribution in [2.75, 3.05) is 37.2 Å². The Morgan fingerprint density at radius 2 is 2.00 bits per heavy atom. The Hall–Kier alpha value is -2.50. The van der Waals surface area contributed by atoms with Gasteiger partial charge in [0.05, 0.1) is 7.11 Å². The van der Waals surface area contributed by atoms with Crippen LogP contribution in [0.15, 0.2) is 24.5 Å². The van der Waals surface area contributed by atoms with Crippen LogP contribution in [0, 0.1) is 6.92 Å². The molecule has 20 heavy (non-hydrogen) atoms. The number of methoxy groups -OCH3 is 1. The number of nitrogen functional groups attached to an aromatic ring is 1. The number of rotatable bonds is 4. The molecule has 0 radical (unpaired) electrons. The van der Waals surface area contributed by atoms with Gasteiger partial charge in [-0.05, 0) is 24.6 Å². The molecule has 6 nitrogen and oxygen atoms in total. The minimum Gasteiger partial charge on any atom is -0.490 e. The molecular formula is C14H19N5O. The fourth-order valence-electron chi connectivity index (χ4n) is 1.98. The van der Waals surface area contributed by atoms with E-state index in [4.69, 9.17) is 10.5 Å². The highest BCUT2D eigenvalue weighted by Crippen LogP contribution is 2.31. The van der Waals surface area contributed by atoms with Gasteiger partial charge in [-0.15, -0.1) is 0 Å². The Bertz CT molecular complexity index is 613. The summed E-state index contributed by atoms with van der Waals surface area (Å²) in [4.78, 5) is 10.1. The van der Waals surface area contributed by atoms with Crippen molar-refractivity contribution in [2.24, 2.45) is 0 Å². The van der Waals surface area contributed by atoms with Gasteiger partial charge < -0.3 is 20.7 Å². The fraction of sp³-hybridized carbons (Fsp3) is 0.286. The maximum absolute atomic E-state index is 5.76. The lowest BCUT2D eigenvalue weighted by atomic mass is 10.1. The van der Waals surface area contributed by atoms with Gasteiger partial charge in [0.15, 0.2) is 11.6 Å². The van der Waals surface area contributed by atoms with Gasteiger partial charge in [-0.2, -0.15) is 0 Å². The molecule has 2 rings (SSSR count). The molecule has 0 aliphatic rings. The zero-order valence-electron chi connectivity index (χ0n) is 12.1.